The molecule has 2 aliphatic rings. The van der Waals surface area contributed by atoms with Crippen LogP contribution < -0.4 is 19.1 Å². The zero-order valence-electron chi connectivity index (χ0n) is 24.7. The van der Waals surface area contributed by atoms with Crippen molar-refractivity contribution in [2.24, 2.45) is 11.8 Å². The summed E-state index contributed by atoms with van der Waals surface area (Å²) in [6, 6.07) is 10.7. The number of ether oxygens (including phenoxy) is 3. The predicted octanol–water partition coefficient (Wildman–Crippen LogP) is 6.66. The number of nitrogens with zero attached hydrogens (tertiary/aromatic N) is 3. The fraction of sp³-hybridized carbons (Fsp3) is 0.406. The number of thiazole rings is 1. The van der Waals surface area contributed by atoms with Crippen molar-refractivity contribution in [3.05, 3.63) is 53.0 Å². The van der Waals surface area contributed by atoms with Crippen LogP contribution in [0.25, 0.3) is 22.2 Å². The third kappa shape index (κ3) is 5.81. The Hall–Kier alpha value is -4.05. The van der Waals surface area contributed by atoms with Crippen LogP contribution >= 0.6 is 11.3 Å². The Morgan fingerprint density at radius 1 is 1.05 bits per heavy atom. The van der Waals surface area contributed by atoms with Gasteiger partial charge in [-0.15, -0.1) is 11.3 Å². The molecule has 2 aliphatic carbocycles. The fourth-order valence-electron chi connectivity index (χ4n) is 5.84. The second-order valence-electron chi connectivity index (χ2n) is 10.7. The number of fused-ring (bicyclic) bond motifs is 2. The molecule has 0 spiro atoms. The van der Waals surface area contributed by atoms with Crippen molar-refractivity contribution in [3.63, 3.8) is 0 Å². The number of amides is 1. The van der Waals surface area contributed by atoms with Gasteiger partial charge in [-0.3, -0.25) is 14.5 Å². The normalized spacial score (nSPS) is 16.8. The number of carboxylic acids is 1. The van der Waals surface area contributed by atoms with Crippen LogP contribution in [0.15, 0.2) is 41.8 Å². The first-order chi connectivity index (χ1) is 20.3. The molecule has 2 heterocycles. The number of hydrogen-bond acceptors (Lipinski definition) is 7. The van der Waals surface area contributed by atoms with Gasteiger partial charge < -0.3 is 23.9 Å². The van der Waals surface area contributed by atoms with Crippen molar-refractivity contribution in [1.82, 2.24) is 9.55 Å². The third-order valence-corrected chi connectivity index (χ3v) is 9.00. The lowest BCUT2D eigenvalue weighted by molar-refractivity contribution is -0.137. The van der Waals surface area contributed by atoms with E-state index in [1.807, 2.05) is 31.4 Å². The van der Waals surface area contributed by atoms with Gasteiger partial charge in [-0.05, 0) is 68.0 Å². The minimum absolute atomic E-state index is 0.241. The standard InChI is InChI=1S/C26H27N3O6S.C6H10/c1-6-28(26-27-18(14-36-26)16-12-22(34-4)15(2)10-23(16)35-5)25(32)20-11-17-19(29(20)13-24(30)31)8-7-9-21(17)33-3;1-2-5-4-6(5)3-1/h7-12,14H,6,13H2,1-5H3,(H,30,31);5-6H,1-4H2. The highest BCUT2D eigenvalue weighted by Crippen LogP contribution is 2.51. The molecule has 1 N–H and O–H groups in total. The monoisotopic (exact) mass is 591 g/mol. The first-order valence-corrected chi connectivity index (χ1v) is 15.1. The molecule has 222 valence electrons. The molecular formula is C32H37N3O6S. The van der Waals surface area contributed by atoms with E-state index in [1.54, 1.807) is 57.7 Å². The van der Waals surface area contributed by atoms with Gasteiger partial charge in [-0.2, -0.15) is 0 Å². The van der Waals surface area contributed by atoms with E-state index in [0.29, 0.717) is 45.5 Å². The molecule has 10 heteroatoms. The summed E-state index contributed by atoms with van der Waals surface area (Å²) in [6.07, 6.45) is 6.24. The third-order valence-electron chi connectivity index (χ3n) is 8.13. The predicted molar refractivity (Wildman–Crippen MR) is 164 cm³/mol. The number of carbonyl (C=O) groups is 2. The molecule has 2 fully saturated rings. The summed E-state index contributed by atoms with van der Waals surface area (Å²) in [7, 11) is 4.73. The van der Waals surface area contributed by atoms with E-state index in [2.05, 4.69) is 0 Å². The summed E-state index contributed by atoms with van der Waals surface area (Å²) in [5, 5.41) is 12.5. The van der Waals surface area contributed by atoms with Gasteiger partial charge in [0.15, 0.2) is 5.13 Å². The first kappa shape index (κ1) is 29.4. The van der Waals surface area contributed by atoms with Crippen molar-refractivity contribution in [1.29, 1.82) is 0 Å². The lowest BCUT2D eigenvalue weighted by Gasteiger charge is -2.19. The van der Waals surface area contributed by atoms with Crippen LogP contribution in [-0.4, -0.2) is 54.4 Å². The average molecular weight is 592 g/mol. The van der Waals surface area contributed by atoms with Crippen LogP contribution in [-0.2, 0) is 11.3 Å². The fourth-order valence-corrected chi connectivity index (χ4v) is 6.73. The quantitative estimate of drug-likeness (QED) is 0.232. The molecule has 6 rings (SSSR count). The molecule has 42 heavy (non-hydrogen) atoms. The molecular weight excluding hydrogens is 554 g/mol. The highest BCUT2D eigenvalue weighted by Gasteiger charge is 2.40. The van der Waals surface area contributed by atoms with Crippen LogP contribution in [0.2, 0.25) is 0 Å². The first-order valence-electron chi connectivity index (χ1n) is 14.2. The number of aromatic nitrogens is 2. The molecule has 0 bridgehead atoms. The summed E-state index contributed by atoms with van der Waals surface area (Å²) >= 11 is 1.32. The minimum atomic E-state index is -1.05. The molecule has 1 amide bonds. The van der Waals surface area contributed by atoms with E-state index in [0.717, 1.165) is 11.1 Å². The van der Waals surface area contributed by atoms with Gasteiger partial charge in [0.25, 0.3) is 5.91 Å². The van der Waals surface area contributed by atoms with Crippen molar-refractivity contribution in [3.8, 4) is 28.5 Å². The maximum atomic E-state index is 13.8. The number of carboxylic acid groups (broad SMARTS) is 1. The Morgan fingerprint density at radius 2 is 1.76 bits per heavy atom. The summed E-state index contributed by atoms with van der Waals surface area (Å²) < 4.78 is 18.0. The number of hydrogen-bond donors (Lipinski definition) is 1. The number of rotatable bonds is 9. The Labute approximate surface area is 249 Å². The maximum Gasteiger partial charge on any atom is 0.323 e. The van der Waals surface area contributed by atoms with Crippen molar-refractivity contribution in [2.45, 2.75) is 46.1 Å². The number of aliphatic carboxylic acids is 1. The minimum Gasteiger partial charge on any atom is -0.496 e. The van der Waals surface area contributed by atoms with Gasteiger partial charge in [0, 0.05) is 22.9 Å². The Morgan fingerprint density at radius 3 is 2.33 bits per heavy atom. The number of carbonyl (C=O) groups excluding carboxylic acids is 1. The van der Waals surface area contributed by atoms with E-state index in [1.165, 1.54) is 46.2 Å². The lowest BCUT2D eigenvalue weighted by Crippen LogP contribution is -2.32. The summed E-state index contributed by atoms with van der Waals surface area (Å²) in [6.45, 7) is 3.75. The smallest absolute Gasteiger partial charge is 0.323 e. The van der Waals surface area contributed by atoms with Gasteiger partial charge in [0.05, 0.1) is 32.5 Å². The maximum absolute atomic E-state index is 13.8. The number of methoxy groups -OCH3 is 3. The Bertz CT molecular complexity index is 1600. The molecule has 0 radical (unpaired) electrons. The highest BCUT2D eigenvalue weighted by molar-refractivity contribution is 7.14. The van der Waals surface area contributed by atoms with E-state index < -0.39 is 5.97 Å². The number of benzene rings is 2. The van der Waals surface area contributed by atoms with Gasteiger partial charge in [0.2, 0.25) is 0 Å². The molecule has 2 unspecified atom stereocenters. The van der Waals surface area contributed by atoms with Crippen LogP contribution in [0.5, 0.6) is 17.2 Å². The molecule has 2 atom stereocenters. The topological polar surface area (TPSA) is 103 Å². The second-order valence-corrected chi connectivity index (χ2v) is 11.5. The molecule has 2 aromatic carbocycles. The van der Waals surface area contributed by atoms with Gasteiger partial charge in [-0.1, -0.05) is 25.3 Å². The summed E-state index contributed by atoms with van der Waals surface area (Å²) in [4.78, 5) is 31.7. The van der Waals surface area contributed by atoms with Crippen molar-refractivity contribution in [2.75, 3.05) is 32.8 Å². The molecule has 9 nitrogen and oxygen atoms in total. The van der Waals surface area contributed by atoms with E-state index in [-0.39, 0.29) is 18.1 Å². The Balaban J connectivity index is 0.000000513. The number of aryl methyl sites for hydroxylation is 1. The molecule has 2 aromatic heterocycles. The summed E-state index contributed by atoms with van der Waals surface area (Å²) in [5.41, 5.74) is 3.16. The highest BCUT2D eigenvalue weighted by atomic mass is 32.1. The van der Waals surface area contributed by atoms with E-state index in [9.17, 15) is 14.7 Å². The van der Waals surface area contributed by atoms with Crippen LogP contribution in [0, 0.1) is 18.8 Å². The summed E-state index contributed by atoms with van der Waals surface area (Å²) in [5.74, 6) is 2.93. The Kier molecular flexibility index (Phi) is 8.72. The van der Waals surface area contributed by atoms with Gasteiger partial charge in [0.1, 0.15) is 29.5 Å². The van der Waals surface area contributed by atoms with Crippen LogP contribution in [0.3, 0.4) is 0 Å². The van der Waals surface area contributed by atoms with Crippen molar-refractivity contribution < 1.29 is 28.9 Å². The molecule has 0 aliphatic heterocycles. The van der Waals surface area contributed by atoms with E-state index in [4.69, 9.17) is 19.2 Å². The van der Waals surface area contributed by atoms with Gasteiger partial charge >= 0.3 is 5.97 Å². The van der Waals surface area contributed by atoms with Crippen molar-refractivity contribution >= 4 is 39.2 Å². The zero-order chi connectivity index (χ0) is 30.0. The molecule has 4 aromatic rings. The molecule has 2 saturated carbocycles. The largest absolute Gasteiger partial charge is 0.496 e. The zero-order valence-corrected chi connectivity index (χ0v) is 25.5. The average Bonchev–Trinajstić information content (AvgIpc) is 3.32. The SMILES string of the molecule is C1CC2CC2C1.CCN(C(=O)c1cc2c(OC)cccc2n1CC(=O)O)c1nc(-c2cc(OC)c(C)cc2OC)cs1. The molecule has 0 saturated heterocycles. The van der Waals surface area contributed by atoms with Crippen LogP contribution in [0.4, 0.5) is 5.13 Å². The number of anilines is 1. The van der Waals surface area contributed by atoms with Gasteiger partial charge in [-0.25, -0.2) is 4.98 Å². The second kappa shape index (κ2) is 12.4. The van der Waals surface area contributed by atoms with Crippen LogP contribution in [0.1, 0.15) is 48.7 Å². The van der Waals surface area contributed by atoms with E-state index >= 15 is 0 Å². The lowest BCUT2D eigenvalue weighted by atomic mass is 10.1.